The minimum Gasteiger partial charge on any atom is -0.388 e. The van der Waals surface area contributed by atoms with Crippen LogP contribution in [0.25, 0.3) is 0 Å². The van der Waals surface area contributed by atoms with Gasteiger partial charge in [0.2, 0.25) is 0 Å². The summed E-state index contributed by atoms with van der Waals surface area (Å²) in [5.41, 5.74) is 0.570. The van der Waals surface area contributed by atoms with Gasteiger partial charge in [-0.05, 0) is 17.8 Å². The van der Waals surface area contributed by atoms with E-state index in [2.05, 4.69) is 39.7 Å². The summed E-state index contributed by atoms with van der Waals surface area (Å²) in [6.45, 7) is 10.8. The zero-order valence-corrected chi connectivity index (χ0v) is 15.4. The first kappa shape index (κ1) is 17.2. The average molecular weight is 346 g/mol. The summed E-state index contributed by atoms with van der Waals surface area (Å²) < 4.78 is 5.40. The summed E-state index contributed by atoms with van der Waals surface area (Å²) in [6.07, 6.45) is 3.24. The molecule has 2 unspecified atom stereocenters. The van der Waals surface area contributed by atoms with E-state index in [1.54, 1.807) is 6.33 Å². The van der Waals surface area contributed by atoms with Crippen LogP contribution in [0.15, 0.2) is 12.4 Å². The maximum Gasteiger partial charge on any atom is 0.132 e. The van der Waals surface area contributed by atoms with Crippen LogP contribution >= 0.6 is 0 Å². The second-order valence-corrected chi connectivity index (χ2v) is 8.41. The van der Waals surface area contributed by atoms with Gasteiger partial charge in [-0.15, -0.1) is 0 Å². The molecular formula is C19H30N4O2. The molecule has 0 radical (unpaired) electrons. The van der Waals surface area contributed by atoms with Crippen LogP contribution in [0.4, 0.5) is 5.82 Å². The lowest BCUT2D eigenvalue weighted by Crippen LogP contribution is -2.46. The first-order valence-corrected chi connectivity index (χ1v) is 9.62. The zero-order chi connectivity index (χ0) is 17.4. The Labute approximate surface area is 150 Å². The van der Waals surface area contributed by atoms with Crippen LogP contribution < -0.4 is 4.90 Å². The minimum atomic E-state index is -0.546. The summed E-state index contributed by atoms with van der Waals surface area (Å²) in [7, 11) is 0. The largest absolute Gasteiger partial charge is 0.388 e. The summed E-state index contributed by atoms with van der Waals surface area (Å²) in [5, 5.41) is 10.8. The van der Waals surface area contributed by atoms with Gasteiger partial charge in [-0.1, -0.05) is 13.8 Å². The van der Waals surface area contributed by atoms with E-state index < -0.39 is 5.60 Å². The molecule has 1 N–H and O–H groups in total. The second-order valence-electron chi connectivity index (χ2n) is 8.41. The van der Waals surface area contributed by atoms with Crippen molar-refractivity contribution >= 4 is 5.82 Å². The van der Waals surface area contributed by atoms with Crippen LogP contribution in [-0.4, -0.2) is 71.5 Å². The highest BCUT2D eigenvalue weighted by Crippen LogP contribution is 2.35. The van der Waals surface area contributed by atoms with Gasteiger partial charge in [0, 0.05) is 70.5 Å². The van der Waals surface area contributed by atoms with Crippen molar-refractivity contribution in [1.29, 1.82) is 0 Å². The number of likely N-dealkylation sites (tertiary alicyclic amines) is 1. The number of hydrogen-bond donors (Lipinski definition) is 1. The molecule has 3 aliphatic rings. The molecule has 138 valence electrons. The molecule has 0 aromatic carbocycles. The Morgan fingerprint density at radius 1 is 1.16 bits per heavy atom. The van der Waals surface area contributed by atoms with E-state index in [0.29, 0.717) is 31.0 Å². The molecule has 6 nitrogen and oxygen atoms in total. The molecule has 0 spiro atoms. The van der Waals surface area contributed by atoms with Crippen molar-refractivity contribution < 1.29 is 9.84 Å². The number of hydrogen-bond acceptors (Lipinski definition) is 6. The van der Waals surface area contributed by atoms with Gasteiger partial charge < -0.3 is 14.7 Å². The molecule has 3 fully saturated rings. The van der Waals surface area contributed by atoms with Crippen molar-refractivity contribution in [2.45, 2.75) is 38.2 Å². The molecular weight excluding hydrogens is 316 g/mol. The molecule has 6 heteroatoms. The maximum atomic E-state index is 10.8. The van der Waals surface area contributed by atoms with Crippen LogP contribution in [0.1, 0.15) is 38.3 Å². The molecule has 4 rings (SSSR count). The van der Waals surface area contributed by atoms with Gasteiger partial charge in [-0.2, -0.15) is 0 Å². The average Bonchev–Trinajstić information content (AvgIpc) is 3.13. The van der Waals surface area contributed by atoms with E-state index in [1.165, 1.54) is 0 Å². The number of aromatic nitrogens is 2. The van der Waals surface area contributed by atoms with Crippen molar-refractivity contribution in [3.63, 3.8) is 0 Å². The first-order chi connectivity index (χ1) is 12.0. The lowest BCUT2D eigenvalue weighted by atomic mass is 9.94. The van der Waals surface area contributed by atoms with Gasteiger partial charge in [0.25, 0.3) is 0 Å². The molecule has 25 heavy (non-hydrogen) atoms. The molecule has 0 saturated carbocycles. The third kappa shape index (κ3) is 3.66. The summed E-state index contributed by atoms with van der Waals surface area (Å²) in [6, 6.07) is 2.15. The molecule has 2 atom stereocenters. The van der Waals surface area contributed by atoms with Gasteiger partial charge in [0.1, 0.15) is 12.1 Å². The van der Waals surface area contributed by atoms with Crippen LogP contribution in [0.2, 0.25) is 0 Å². The Bertz CT molecular complexity index is 589. The number of nitrogens with zero attached hydrogens (tertiary/aromatic N) is 4. The summed E-state index contributed by atoms with van der Waals surface area (Å²) in [4.78, 5) is 13.8. The predicted octanol–water partition coefficient (Wildman–Crippen LogP) is 1.51. The quantitative estimate of drug-likeness (QED) is 0.892. The maximum absolute atomic E-state index is 10.8. The Hall–Kier alpha value is -1.24. The highest BCUT2D eigenvalue weighted by atomic mass is 16.5. The SMILES string of the molecule is CC(C)c1cc(N2CC3CN(CC4(O)CCOCC4)CC3C2)ncn1. The lowest BCUT2D eigenvalue weighted by Gasteiger charge is -2.36. The number of rotatable bonds is 4. The fourth-order valence-electron chi connectivity index (χ4n) is 4.58. The third-order valence-corrected chi connectivity index (χ3v) is 6.09. The zero-order valence-electron chi connectivity index (χ0n) is 15.4. The van der Waals surface area contributed by atoms with Crippen molar-refractivity contribution in [3.8, 4) is 0 Å². The van der Waals surface area contributed by atoms with Crippen molar-refractivity contribution in [2.24, 2.45) is 11.8 Å². The van der Waals surface area contributed by atoms with Crippen LogP contribution in [0.5, 0.6) is 0 Å². The molecule has 0 aliphatic carbocycles. The molecule has 3 aliphatic heterocycles. The van der Waals surface area contributed by atoms with E-state index in [1.807, 2.05) is 0 Å². The normalized spacial score (nSPS) is 29.4. The third-order valence-electron chi connectivity index (χ3n) is 6.09. The first-order valence-electron chi connectivity index (χ1n) is 9.62. The molecule has 1 aromatic heterocycles. The highest BCUT2D eigenvalue weighted by molar-refractivity contribution is 5.41. The Morgan fingerprint density at radius 3 is 2.48 bits per heavy atom. The number of fused-ring (bicyclic) bond motifs is 1. The van der Waals surface area contributed by atoms with Crippen LogP contribution in [-0.2, 0) is 4.74 Å². The lowest BCUT2D eigenvalue weighted by molar-refractivity contribution is -0.0778. The second kappa shape index (κ2) is 6.82. The van der Waals surface area contributed by atoms with Gasteiger partial charge in [0.15, 0.2) is 0 Å². The van der Waals surface area contributed by atoms with E-state index in [-0.39, 0.29) is 0 Å². The minimum absolute atomic E-state index is 0.430. The number of ether oxygens (including phenoxy) is 1. The molecule has 0 amide bonds. The Kier molecular flexibility index (Phi) is 4.69. The topological polar surface area (TPSA) is 61.7 Å². The van der Waals surface area contributed by atoms with E-state index >= 15 is 0 Å². The standard InChI is InChI=1S/C19H30N4O2/c1-14(2)17-7-18(21-13-20-17)23-10-15-8-22(9-16(15)11-23)12-19(24)3-5-25-6-4-19/h7,13-16,24H,3-6,8-12H2,1-2H3. The molecule has 0 bridgehead atoms. The van der Waals surface area contributed by atoms with Gasteiger partial charge in [-0.25, -0.2) is 9.97 Å². The summed E-state index contributed by atoms with van der Waals surface area (Å²) >= 11 is 0. The van der Waals surface area contributed by atoms with Crippen molar-refractivity contribution in [1.82, 2.24) is 14.9 Å². The fraction of sp³-hybridized carbons (Fsp3) is 0.789. The van der Waals surface area contributed by atoms with Crippen molar-refractivity contribution in [2.75, 3.05) is 50.8 Å². The van der Waals surface area contributed by atoms with Gasteiger partial charge in [0.05, 0.1) is 5.60 Å². The molecule has 4 heterocycles. The number of anilines is 1. The smallest absolute Gasteiger partial charge is 0.132 e. The van der Waals surface area contributed by atoms with E-state index in [9.17, 15) is 5.11 Å². The number of β-amino-alcohol motifs (C(OH)–C–C–N with tert-alkyl or cyclic N) is 1. The van der Waals surface area contributed by atoms with Crippen molar-refractivity contribution in [3.05, 3.63) is 18.1 Å². The highest BCUT2D eigenvalue weighted by Gasteiger charge is 2.43. The van der Waals surface area contributed by atoms with Gasteiger partial charge in [-0.3, -0.25) is 4.90 Å². The van der Waals surface area contributed by atoms with E-state index in [4.69, 9.17) is 4.74 Å². The monoisotopic (exact) mass is 346 g/mol. The number of aliphatic hydroxyl groups is 1. The van der Waals surface area contributed by atoms with Crippen LogP contribution in [0.3, 0.4) is 0 Å². The molecule has 3 saturated heterocycles. The fourth-order valence-corrected chi connectivity index (χ4v) is 4.58. The van der Waals surface area contributed by atoms with E-state index in [0.717, 1.165) is 57.1 Å². The Morgan fingerprint density at radius 2 is 1.84 bits per heavy atom. The summed E-state index contributed by atoms with van der Waals surface area (Å²) in [5.74, 6) is 2.86. The predicted molar refractivity (Wildman–Crippen MR) is 96.8 cm³/mol. The van der Waals surface area contributed by atoms with Crippen LogP contribution in [0, 0.1) is 11.8 Å². The Balaban J connectivity index is 1.35. The van der Waals surface area contributed by atoms with Gasteiger partial charge >= 0.3 is 0 Å². The molecule has 1 aromatic rings.